The summed E-state index contributed by atoms with van der Waals surface area (Å²) < 4.78 is 10.7. The van der Waals surface area contributed by atoms with Crippen LogP contribution in [0.5, 0.6) is 0 Å². The molecule has 1 saturated heterocycles. The largest absolute Gasteiger partial charge is 0.459 e. The molecule has 0 amide bonds. The molecule has 2 atom stereocenters. The van der Waals surface area contributed by atoms with Gasteiger partial charge in [0.2, 0.25) is 0 Å². The summed E-state index contributed by atoms with van der Waals surface area (Å²) in [6.45, 7) is 4.64. The Labute approximate surface area is 78.4 Å². The SMILES string of the molecule is CC1OCCC1OC(=O)C1(C)CC1. The van der Waals surface area contributed by atoms with Gasteiger partial charge < -0.3 is 9.47 Å². The van der Waals surface area contributed by atoms with Crippen molar-refractivity contribution in [1.29, 1.82) is 0 Å². The minimum absolute atomic E-state index is 0.00933. The number of esters is 1. The molecular formula is C10H16O3. The normalized spacial score (nSPS) is 35.8. The van der Waals surface area contributed by atoms with Crippen LogP contribution in [-0.4, -0.2) is 24.8 Å². The summed E-state index contributed by atoms with van der Waals surface area (Å²) in [5.41, 5.74) is -0.164. The van der Waals surface area contributed by atoms with E-state index in [4.69, 9.17) is 9.47 Å². The Morgan fingerprint density at radius 1 is 1.54 bits per heavy atom. The second kappa shape index (κ2) is 2.98. The van der Waals surface area contributed by atoms with E-state index in [0.29, 0.717) is 0 Å². The first-order valence-electron chi connectivity index (χ1n) is 4.94. The van der Waals surface area contributed by atoms with E-state index < -0.39 is 0 Å². The van der Waals surface area contributed by atoms with Gasteiger partial charge in [-0.05, 0) is 26.7 Å². The van der Waals surface area contributed by atoms with Gasteiger partial charge in [-0.2, -0.15) is 0 Å². The lowest BCUT2D eigenvalue weighted by Crippen LogP contribution is -2.28. The molecule has 2 rings (SSSR count). The summed E-state index contributed by atoms with van der Waals surface area (Å²) in [6, 6.07) is 0. The first kappa shape index (κ1) is 9.00. The first-order chi connectivity index (χ1) is 6.12. The summed E-state index contributed by atoms with van der Waals surface area (Å²) in [7, 11) is 0. The lowest BCUT2D eigenvalue weighted by Gasteiger charge is -2.17. The quantitative estimate of drug-likeness (QED) is 0.610. The molecule has 2 fully saturated rings. The van der Waals surface area contributed by atoms with Gasteiger partial charge in [0.05, 0.1) is 18.1 Å². The van der Waals surface area contributed by atoms with Crippen LogP contribution in [0.15, 0.2) is 0 Å². The molecule has 2 aliphatic rings. The summed E-state index contributed by atoms with van der Waals surface area (Å²) in [4.78, 5) is 11.6. The molecule has 0 aromatic carbocycles. The fraction of sp³-hybridized carbons (Fsp3) is 0.900. The van der Waals surface area contributed by atoms with E-state index in [1.165, 1.54) is 0 Å². The highest BCUT2D eigenvalue weighted by atomic mass is 16.6. The van der Waals surface area contributed by atoms with Crippen molar-refractivity contribution < 1.29 is 14.3 Å². The molecule has 74 valence electrons. The summed E-state index contributed by atoms with van der Waals surface area (Å²) in [6.07, 6.45) is 2.88. The second-order valence-corrected chi connectivity index (χ2v) is 4.37. The summed E-state index contributed by atoms with van der Waals surface area (Å²) in [5.74, 6) is -0.0325. The van der Waals surface area contributed by atoms with Gasteiger partial charge >= 0.3 is 5.97 Å². The zero-order chi connectivity index (χ0) is 9.47. The van der Waals surface area contributed by atoms with Crippen LogP contribution >= 0.6 is 0 Å². The molecule has 0 aromatic rings. The topological polar surface area (TPSA) is 35.5 Å². The zero-order valence-corrected chi connectivity index (χ0v) is 8.21. The highest BCUT2D eigenvalue weighted by molar-refractivity contribution is 5.79. The predicted octanol–water partition coefficient (Wildman–Crippen LogP) is 1.51. The molecular weight excluding hydrogens is 168 g/mol. The van der Waals surface area contributed by atoms with Crippen LogP contribution in [0.4, 0.5) is 0 Å². The standard InChI is InChI=1S/C10H16O3/c1-7-8(3-6-12-7)13-9(11)10(2)4-5-10/h7-8H,3-6H2,1-2H3. The molecule has 1 aliphatic carbocycles. The molecule has 3 nitrogen and oxygen atoms in total. The van der Waals surface area contributed by atoms with Gasteiger partial charge in [-0.3, -0.25) is 4.79 Å². The van der Waals surface area contributed by atoms with Crippen molar-refractivity contribution >= 4 is 5.97 Å². The Morgan fingerprint density at radius 3 is 2.69 bits per heavy atom. The van der Waals surface area contributed by atoms with E-state index in [0.717, 1.165) is 25.9 Å². The van der Waals surface area contributed by atoms with Crippen molar-refractivity contribution in [3.8, 4) is 0 Å². The Hall–Kier alpha value is -0.570. The van der Waals surface area contributed by atoms with Crippen molar-refractivity contribution in [2.45, 2.75) is 45.3 Å². The van der Waals surface area contributed by atoms with E-state index in [9.17, 15) is 4.79 Å². The summed E-state index contributed by atoms with van der Waals surface area (Å²) >= 11 is 0. The van der Waals surface area contributed by atoms with Crippen molar-refractivity contribution in [3.63, 3.8) is 0 Å². The van der Waals surface area contributed by atoms with Gasteiger partial charge in [-0.15, -0.1) is 0 Å². The lowest BCUT2D eigenvalue weighted by atomic mass is 10.1. The summed E-state index contributed by atoms with van der Waals surface area (Å²) in [5, 5.41) is 0. The van der Waals surface area contributed by atoms with Crippen molar-refractivity contribution in [2.24, 2.45) is 5.41 Å². The maximum Gasteiger partial charge on any atom is 0.312 e. The van der Waals surface area contributed by atoms with Crippen LogP contribution in [0.1, 0.15) is 33.1 Å². The fourth-order valence-electron chi connectivity index (χ4n) is 1.54. The highest BCUT2D eigenvalue weighted by Crippen LogP contribution is 2.46. The number of carbonyl (C=O) groups is 1. The molecule has 13 heavy (non-hydrogen) atoms. The molecule has 0 aromatic heterocycles. The van der Waals surface area contributed by atoms with E-state index in [1.54, 1.807) is 0 Å². The van der Waals surface area contributed by atoms with E-state index >= 15 is 0 Å². The molecule has 0 bridgehead atoms. The maximum atomic E-state index is 11.6. The molecule has 3 heteroatoms. The number of rotatable bonds is 2. The lowest BCUT2D eigenvalue weighted by molar-refractivity contribution is -0.157. The maximum absolute atomic E-state index is 11.6. The Balaban J connectivity index is 1.87. The minimum atomic E-state index is -0.164. The fourth-order valence-corrected chi connectivity index (χ4v) is 1.54. The monoisotopic (exact) mass is 184 g/mol. The number of hydrogen-bond donors (Lipinski definition) is 0. The van der Waals surface area contributed by atoms with Gasteiger partial charge in [-0.1, -0.05) is 0 Å². The Morgan fingerprint density at radius 2 is 2.23 bits per heavy atom. The minimum Gasteiger partial charge on any atom is -0.459 e. The van der Waals surface area contributed by atoms with Gasteiger partial charge in [0.15, 0.2) is 0 Å². The number of hydrogen-bond acceptors (Lipinski definition) is 3. The van der Waals surface area contributed by atoms with Crippen LogP contribution in [0.2, 0.25) is 0 Å². The third kappa shape index (κ3) is 1.70. The van der Waals surface area contributed by atoms with Gasteiger partial charge in [0.1, 0.15) is 6.10 Å². The van der Waals surface area contributed by atoms with Crippen LogP contribution in [-0.2, 0) is 14.3 Å². The molecule has 2 unspecified atom stereocenters. The Bertz CT molecular complexity index is 220. The van der Waals surface area contributed by atoms with Crippen LogP contribution < -0.4 is 0 Å². The average Bonchev–Trinajstić information content (AvgIpc) is 2.72. The number of carbonyl (C=O) groups excluding carboxylic acids is 1. The van der Waals surface area contributed by atoms with E-state index in [2.05, 4.69) is 0 Å². The van der Waals surface area contributed by atoms with E-state index in [1.807, 2.05) is 13.8 Å². The number of ether oxygens (including phenoxy) is 2. The van der Waals surface area contributed by atoms with Crippen LogP contribution in [0, 0.1) is 5.41 Å². The van der Waals surface area contributed by atoms with Crippen molar-refractivity contribution in [3.05, 3.63) is 0 Å². The zero-order valence-electron chi connectivity index (χ0n) is 8.21. The van der Waals surface area contributed by atoms with Gasteiger partial charge in [0, 0.05) is 6.42 Å². The second-order valence-electron chi connectivity index (χ2n) is 4.37. The third-order valence-corrected chi connectivity index (χ3v) is 3.06. The van der Waals surface area contributed by atoms with Crippen LogP contribution in [0.3, 0.4) is 0 Å². The molecule has 1 heterocycles. The predicted molar refractivity (Wildman–Crippen MR) is 47.3 cm³/mol. The first-order valence-corrected chi connectivity index (χ1v) is 4.94. The van der Waals surface area contributed by atoms with Gasteiger partial charge in [-0.25, -0.2) is 0 Å². The molecule has 1 aliphatic heterocycles. The molecule has 0 spiro atoms. The third-order valence-electron chi connectivity index (χ3n) is 3.06. The van der Waals surface area contributed by atoms with Crippen molar-refractivity contribution in [2.75, 3.05) is 6.61 Å². The van der Waals surface area contributed by atoms with Crippen molar-refractivity contribution in [1.82, 2.24) is 0 Å². The molecule has 0 N–H and O–H groups in total. The highest BCUT2D eigenvalue weighted by Gasteiger charge is 2.47. The molecule has 0 radical (unpaired) electrons. The van der Waals surface area contributed by atoms with E-state index in [-0.39, 0.29) is 23.6 Å². The average molecular weight is 184 g/mol. The molecule has 1 saturated carbocycles. The van der Waals surface area contributed by atoms with Gasteiger partial charge in [0.25, 0.3) is 0 Å². The smallest absolute Gasteiger partial charge is 0.312 e. The Kier molecular flexibility index (Phi) is 2.06. The van der Waals surface area contributed by atoms with Crippen LogP contribution in [0.25, 0.3) is 0 Å².